The van der Waals surface area contributed by atoms with Gasteiger partial charge in [-0.05, 0) is 30.3 Å². The fourth-order valence-corrected chi connectivity index (χ4v) is 3.17. The third-order valence-electron chi connectivity index (χ3n) is 2.86. The first kappa shape index (κ1) is 12.3. The molecule has 0 saturated carbocycles. The van der Waals surface area contributed by atoms with Gasteiger partial charge >= 0.3 is 0 Å². The molecule has 5 heteroatoms. The summed E-state index contributed by atoms with van der Waals surface area (Å²) in [6, 6.07) is 11.2. The second kappa shape index (κ2) is 4.72. The zero-order valence-corrected chi connectivity index (χ0v) is 11.8. The number of rotatable bonds is 2. The number of halogens is 1. The molecule has 0 aliphatic rings. The lowest BCUT2D eigenvalue weighted by Gasteiger charge is -2.05. The molecule has 0 saturated heterocycles. The minimum atomic E-state index is 0.677. The molecule has 0 aliphatic carbocycles. The number of thiazole rings is 1. The first-order valence-corrected chi connectivity index (χ1v) is 6.87. The molecule has 0 bridgehead atoms. The van der Waals surface area contributed by atoms with Crippen molar-refractivity contribution in [2.75, 3.05) is 12.8 Å². The minimum absolute atomic E-state index is 0.677. The first-order valence-electron chi connectivity index (χ1n) is 5.68. The highest BCUT2D eigenvalue weighted by Crippen LogP contribution is 2.37. The maximum atomic E-state index is 6.17. The van der Waals surface area contributed by atoms with Gasteiger partial charge in [-0.1, -0.05) is 17.7 Å². The molecule has 0 unspecified atom stereocenters. The molecule has 0 atom stereocenters. The molecular formula is C14H11ClN2OS. The summed E-state index contributed by atoms with van der Waals surface area (Å²) in [7, 11) is 1.63. The van der Waals surface area contributed by atoms with Gasteiger partial charge in [0.05, 0.1) is 22.3 Å². The van der Waals surface area contributed by atoms with E-state index in [-0.39, 0.29) is 0 Å². The van der Waals surface area contributed by atoms with Gasteiger partial charge in [0.1, 0.15) is 10.8 Å². The SMILES string of the molecule is COc1ccc(N)c(-c2nc3cccc(Cl)c3s2)c1. The maximum Gasteiger partial charge on any atom is 0.126 e. The number of aromatic nitrogens is 1. The molecule has 2 N–H and O–H groups in total. The fourth-order valence-electron chi connectivity index (χ4n) is 1.88. The molecule has 3 aromatic rings. The number of hydrogen-bond acceptors (Lipinski definition) is 4. The summed E-state index contributed by atoms with van der Waals surface area (Å²) in [5.41, 5.74) is 8.45. The summed E-state index contributed by atoms with van der Waals surface area (Å²) >= 11 is 7.70. The lowest BCUT2D eigenvalue weighted by Crippen LogP contribution is -1.91. The van der Waals surface area contributed by atoms with Crippen LogP contribution in [0, 0.1) is 0 Å². The van der Waals surface area contributed by atoms with Crippen molar-refractivity contribution in [1.29, 1.82) is 0 Å². The van der Waals surface area contributed by atoms with Crippen LogP contribution in [0.1, 0.15) is 0 Å². The van der Waals surface area contributed by atoms with Gasteiger partial charge < -0.3 is 10.5 Å². The highest BCUT2D eigenvalue weighted by Gasteiger charge is 2.12. The van der Waals surface area contributed by atoms with Crippen molar-refractivity contribution >= 4 is 38.8 Å². The van der Waals surface area contributed by atoms with Crippen molar-refractivity contribution in [1.82, 2.24) is 4.98 Å². The lowest BCUT2D eigenvalue weighted by atomic mass is 10.2. The van der Waals surface area contributed by atoms with E-state index in [1.165, 1.54) is 11.3 Å². The van der Waals surface area contributed by atoms with Crippen LogP contribution in [0.4, 0.5) is 5.69 Å². The van der Waals surface area contributed by atoms with Crippen LogP contribution >= 0.6 is 22.9 Å². The molecule has 0 spiro atoms. The van der Waals surface area contributed by atoms with E-state index in [1.807, 2.05) is 36.4 Å². The molecule has 96 valence electrons. The highest BCUT2D eigenvalue weighted by atomic mass is 35.5. The summed E-state index contributed by atoms with van der Waals surface area (Å²) in [4.78, 5) is 4.58. The number of hydrogen-bond donors (Lipinski definition) is 1. The average molecular weight is 291 g/mol. The van der Waals surface area contributed by atoms with E-state index in [2.05, 4.69) is 4.98 Å². The Labute approximate surface area is 119 Å². The van der Waals surface area contributed by atoms with E-state index in [0.717, 1.165) is 26.5 Å². The third-order valence-corrected chi connectivity index (χ3v) is 4.42. The monoisotopic (exact) mass is 290 g/mol. The summed E-state index contributed by atoms with van der Waals surface area (Å²) in [5.74, 6) is 0.759. The quantitative estimate of drug-likeness (QED) is 0.719. The number of fused-ring (bicyclic) bond motifs is 1. The van der Waals surface area contributed by atoms with Crippen molar-refractivity contribution in [3.63, 3.8) is 0 Å². The molecule has 3 nitrogen and oxygen atoms in total. The van der Waals surface area contributed by atoms with Gasteiger partial charge in [-0.3, -0.25) is 0 Å². The molecule has 1 aromatic heterocycles. The van der Waals surface area contributed by atoms with Gasteiger partial charge in [-0.25, -0.2) is 4.98 Å². The number of nitrogens with two attached hydrogens (primary N) is 1. The predicted octanol–water partition coefficient (Wildman–Crippen LogP) is 4.21. The first-order chi connectivity index (χ1) is 9.19. The summed E-state index contributed by atoms with van der Waals surface area (Å²) in [6.45, 7) is 0. The molecule has 0 aliphatic heterocycles. The molecule has 1 heterocycles. The number of benzene rings is 2. The summed E-state index contributed by atoms with van der Waals surface area (Å²) in [6.07, 6.45) is 0. The molecule has 3 rings (SSSR count). The van der Waals surface area contributed by atoms with Crippen LogP contribution in [0.2, 0.25) is 5.02 Å². The smallest absolute Gasteiger partial charge is 0.126 e. The van der Waals surface area contributed by atoms with Crippen molar-refractivity contribution in [2.45, 2.75) is 0 Å². The summed E-state index contributed by atoms with van der Waals surface area (Å²) in [5, 5.41) is 1.56. The van der Waals surface area contributed by atoms with Gasteiger partial charge in [-0.15, -0.1) is 11.3 Å². The number of nitrogen functional groups attached to an aromatic ring is 1. The Balaban J connectivity index is 2.21. The number of ether oxygens (including phenoxy) is 1. The van der Waals surface area contributed by atoms with Gasteiger partial charge in [0.25, 0.3) is 0 Å². The van der Waals surface area contributed by atoms with Crippen LogP contribution in [-0.4, -0.2) is 12.1 Å². The van der Waals surface area contributed by atoms with E-state index < -0.39 is 0 Å². The van der Waals surface area contributed by atoms with Crippen LogP contribution in [0.25, 0.3) is 20.8 Å². The maximum absolute atomic E-state index is 6.17. The van der Waals surface area contributed by atoms with Crippen LogP contribution in [-0.2, 0) is 0 Å². The standard InChI is InChI=1S/C14H11ClN2OS/c1-18-8-5-6-11(16)9(7-8)14-17-12-4-2-3-10(15)13(12)19-14/h2-7H,16H2,1H3. The Hall–Kier alpha value is -1.78. The number of methoxy groups -OCH3 is 1. The lowest BCUT2D eigenvalue weighted by molar-refractivity contribution is 0.415. The largest absolute Gasteiger partial charge is 0.497 e. The second-order valence-electron chi connectivity index (χ2n) is 4.06. The molecule has 0 amide bonds. The predicted molar refractivity (Wildman–Crippen MR) is 81.0 cm³/mol. The molecule has 0 radical (unpaired) electrons. The Morgan fingerprint density at radius 2 is 2.11 bits per heavy atom. The van der Waals surface area contributed by atoms with E-state index in [0.29, 0.717) is 10.7 Å². The van der Waals surface area contributed by atoms with Crippen LogP contribution < -0.4 is 10.5 Å². The third kappa shape index (κ3) is 2.13. The van der Waals surface area contributed by atoms with E-state index >= 15 is 0 Å². The van der Waals surface area contributed by atoms with Gasteiger partial charge in [-0.2, -0.15) is 0 Å². The zero-order valence-electron chi connectivity index (χ0n) is 10.2. The van der Waals surface area contributed by atoms with Crippen LogP contribution in [0.5, 0.6) is 5.75 Å². The normalized spacial score (nSPS) is 10.8. The van der Waals surface area contributed by atoms with Crippen molar-refractivity contribution in [3.05, 3.63) is 41.4 Å². The Bertz CT molecular complexity index is 754. The minimum Gasteiger partial charge on any atom is -0.497 e. The van der Waals surface area contributed by atoms with Crippen molar-refractivity contribution in [2.24, 2.45) is 0 Å². The zero-order chi connectivity index (χ0) is 13.4. The van der Waals surface area contributed by atoms with Crippen molar-refractivity contribution < 1.29 is 4.74 Å². The van der Waals surface area contributed by atoms with E-state index in [1.54, 1.807) is 7.11 Å². The number of anilines is 1. The van der Waals surface area contributed by atoms with Crippen LogP contribution in [0.15, 0.2) is 36.4 Å². The van der Waals surface area contributed by atoms with Gasteiger partial charge in [0.15, 0.2) is 0 Å². The van der Waals surface area contributed by atoms with Crippen molar-refractivity contribution in [3.8, 4) is 16.3 Å². The Kier molecular flexibility index (Phi) is 3.05. The topological polar surface area (TPSA) is 48.1 Å². The molecular weight excluding hydrogens is 280 g/mol. The fraction of sp³-hybridized carbons (Fsp3) is 0.0714. The van der Waals surface area contributed by atoms with Gasteiger partial charge in [0.2, 0.25) is 0 Å². The average Bonchev–Trinajstić information content (AvgIpc) is 2.84. The number of nitrogens with zero attached hydrogens (tertiary/aromatic N) is 1. The summed E-state index contributed by atoms with van der Waals surface area (Å²) < 4.78 is 6.20. The van der Waals surface area contributed by atoms with Gasteiger partial charge in [0, 0.05) is 11.3 Å². The second-order valence-corrected chi connectivity index (χ2v) is 5.47. The van der Waals surface area contributed by atoms with Crippen LogP contribution in [0.3, 0.4) is 0 Å². The Morgan fingerprint density at radius 3 is 2.84 bits per heavy atom. The molecule has 0 fully saturated rings. The highest BCUT2D eigenvalue weighted by molar-refractivity contribution is 7.22. The Morgan fingerprint density at radius 1 is 1.26 bits per heavy atom. The van der Waals surface area contributed by atoms with E-state index in [4.69, 9.17) is 22.1 Å². The van der Waals surface area contributed by atoms with E-state index in [9.17, 15) is 0 Å². The molecule has 2 aromatic carbocycles. The molecule has 19 heavy (non-hydrogen) atoms.